The second-order valence-corrected chi connectivity index (χ2v) is 7.45. The van der Waals surface area contributed by atoms with E-state index in [9.17, 15) is 0 Å². The molecular weight excluding hydrogens is 342 g/mol. The Morgan fingerprint density at radius 1 is 0.536 bits per heavy atom. The second kappa shape index (κ2) is 16.2. The zero-order valence-electron chi connectivity index (χ0n) is 20.5. The average Bonchev–Trinajstić information content (AvgIpc) is 2.71. The van der Waals surface area contributed by atoms with Crippen molar-refractivity contribution in [2.45, 2.75) is 107 Å². The molecule has 0 aliphatic heterocycles. The standard InChI is InChI=1S/C11H17N.C10H16N2.2C2H6/c1-8(2)10-5-6-12-7-11(10)9(3)4;1-7(2)9-10(8(3)4)12-6-5-11-9;2*1-2/h5-9H,1-4H3;5-8H,1-4H3;2*1-2H3. The van der Waals surface area contributed by atoms with Gasteiger partial charge in [0.2, 0.25) is 0 Å². The van der Waals surface area contributed by atoms with Crippen LogP contribution in [-0.4, -0.2) is 15.0 Å². The van der Waals surface area contributed by atoms with Crippen molar-refractivity contribution >= 4 is 0 Å². The molecular formula is C25H45N3. The zero-order valence-corrected chi connectivity index (χ0v) is 20.5. The first-order valence-electron chi connectivity index (χ1n) is 11.0. The van der Waals surface area contributed by atoms with Crippen molar-refractivity contribution in [1.82, 2.24) is 15.0 Å². The molecule has 0 fully saturated rings. The van der Waals surface area contributed by atoms with Crippen molar-refractivity contribution < 1.29 is 0 Å². The van der Waals surface area contributed by atoms with Crippen LogP contribution in [0.1, 0.15) is 129 Å². The highest BCUT2D eigenvalue weighted by atomic mass is 14.8. The van der Waals surface area contributed by atoms with Crippen LogP contribution in [-0.2, 0) is 0 Å². The summed E-state index contributed by atoms with van der Waals surface area (Å²) < 4.78 is 0. The van der Waals surface area contributed by atoms with Gasteiger partial charge in [-0.2, -0.15) is 0 Å². The Labute approximate surface area is 175 Å². The molecule has 3 heteroatoms. The largest absolute Gasteiger partial charge is 0.264 e. The molecule has 0 unspecified atom stereocenters. The third-order valence-electron chi connectivity index (χ3n) is 3.98. The Morgan fingerprint density at radius 2 is 0.929 bits per heavy atom. The minimum absolute atomic E-state index is 0.469. The first kappa shape index (κ1) is 28.4. The third-order valence-corrected chi connectivity index (χ3v) is 3.98. The highest BCUT2D eigenvalue weighted by Gasteiger charge is 2.11. The van der Waals surface area contributed by atoms with Crippen LogP contribution in [0.5, 0.6) is 0 Å². The van der Waals surface area contributed by atoms with Gasteiger partial charge in [0.25, 0.3) is 0 Å². The molecule has 2 rings (SSSR count). The van der Waals surface area contributed by atoms with Crippen LogP contribution in [0.25, 0.3) is 0 Å². The topological polar surface area (TPSA) is 38.7 Å². The molecule has 2 heterocycles. The molecule has 0 N–H and O–H groups in total. The quantitative estimate of drug-likeness (QED) is 0.532. The summed E-state index contributed by atoms with van der Waals surface area (Å²) in [4.78, 5) is 12.8. The minimum Gasteiger partial charge on any atom is -0.264 e. The van der Waals surface area contributed by atoms with Crippen molar-refractivity contribution in [3.8, 4) is 0 Å². The molecule has 0 spiro atoms. The lowest BCUT2D eigenvalue weighted by Crippen LogP contribution is -2.03. The van der Waals surface area contributed by atoms with Gasteiger partial charge in [-0.1, -0.05) is 83.1 Å². The van der Waals surface area contributed by atoms with E-state index < -0.39 is 0 Å². The molecule has 0 amide bonds. The predicted molar refractivity (Wildman–Crippen MR) is 125 cm³/mol. The van der Waals surface area contributed by atoms with E-state index in [2.05, 4.69) is 76.4 Å². The smallest absolute Gasteiger partial charge is 0.0646 e. The summed E-state index contributed by atoms with van der Waals surface area (Å²) in [6, 6.07) is 2.12. The highest BCUT2D eigenvalue weighted by Crippen LogP contribution is 2.24. The molecule has 2 aromatic rings. The molecule has 0 saturated heterocycles. The highest BCUT2D eigenvalue weighted by molar-refractivity contribution is 5.28. The third kappa shape index (κ3) is 9.96. The molecule has 0 radical (unpaired) electrons. The molecule has 160 valence electrons. The maximum atomic E-state index is 4.34. The Kier molecular flexibility index (Phi) is 16.5. The lowest BCUT2D eigenvalue weighted by molar-refractivity contribution is 0.726. The summed E-state index contributed by atoms with van der Waals surface area (Å²) in [6.45, 7) is 25.5. The Balaban J connectivity index is 0. The molecule has 0 bridgehead atoms. The average molecular weight is 388 g/mol. The van der Waals surface area contributed by atoms with Gasteiger partial charge in [0.1, 0.15) is 0 Å². The molecule has 3 nitrogen and oxygen atoms in total. The van der Waals surface area contributed by atoms with E-state index in [0.29, 0.717) is 23.7 Å². The van der Waals surface area contributed by atoms with E-state index in [1.165, 1.54) is 11.1 Å². The van der Waals surface area contributed by atoms with Gasteiger partial charge in [-0.05, 0) is 40.9 Å². The van der Waals surface area contributed by atoms with E-state index >= 15 is 0 Å². The maximum Gasteiger partial charge on any atom is 0.0646 e. The van der Waals surface area contributed by atoms with Crippen LogP contribution in [0.15, 0.2) is 30.9 Å². The summed E-state index contributed by atoms with van der Waals surface area (Å²) in [5.74, 6) is 2.12. The molecule has 0 aliphatic carbocycles. The summed E-state index contributed by atoms with van der Waals surface area (Å²) in [5, 5.41) is 0. The van der Waals surface area contributed by atoms with E-state index in [1.807, 2.05) is 40.1 Å². The van der Waals surface area contributed by atoms with Crippen molar-refractivity contribution in [2.24, 2.45) is 0 Å². The lowest BCUT2D eigenvalue weighted by atomic mass is 9.93. The van der Waals surface area contributed by atoms with Crippen molar-refractivity contribution in [1.29, 1.82) is 0 Å². The van der Waals surface area contributed by atoms with Crippen LogP contribution in [0, 0.1) is 0 Å². The van der Waals surface area contributed by atoms with Crippen LogP contribution < -0.4 is 0 Å². The fourth-order valence-electron chi connectivity index (χ4n) is 2.67. The van der Waals surface area contributed by atoms with Gasteiger partial charge < -0.3 is 0 Å². The normalized spacial score (nSPS) is 10.0. The van der Waals surface area contributed by atoms with Gasteiger partial charge in [-0.15, -0.1) is 0 Å². The molecule has 28 heavy (non-hydrogen) atoms. The number of rotatable bonds is 4. The fraction of sp³-hybridized carbons (Fsp3) is 0.640. The van der Waals surface area contributed by atoms with Gasteiger partial charge in [-0.25, -0.2) is 0 Å². The Bertz CT molecular complexity index is 507. The second-order valence-electron chi connectivity index (χ2n) is 7.45. The molecule has 2 aromatic heterocycles. The van der Waals surface area contributed by atoms with Gasteiger partial charge in [0.05, 0.1) is 11.4 Å². The lowest BCUT2D eigenvalue weighted by Gasteiger charge is -2.14. The predicted octanol–water partition coefficient (Wildman–Crippen LogP) is 8.10. The summed E-state index contributed by atoms with van der Waals surface area (Å²) in [7, 11) is 0. The Hall–Kier alpha value is -1.77. The van der Waals surface area contributed by atoms with Gasteiger partial charge >= 0.3 is 0 Å². The van der Waals surface area contributed by atoms with E-state index in [4.69, 9.17) is 0 Å². The molecule has 0 saturated carbocycles. The van der Waals surface area contributed by atoms with E-state index in [0.717, 1.165) is 11.4 Å². The number of hydrogen-bond donors (Lipinski definition) is 0. The minimum atomic E-state index is 0.469. The van der Waals surface area contributed by atoms with Crippen LogP contribution in [0.2, 0.25) is 0 Å². The first-order valence-corrected chi connectivity index (χ1v) is 11.0. The number of nitrogens with zero attached hydrogens (tertiary/aromatic N) is 3. The first-order chi connectivity index (χ1) is 13.3. The van der Waals surface area contributed by atoms with Crippen molar-refractivity contribution in [3.63, 3.8) is 0 Å². The van der Waals surface area contributed by atoms with Crippen LogP contribution in [0.4, 0.5) is 0 Å². The van der Waals surface area contributed by atoms with Gasteiger partial charge in [0.15, 0.2) is 0 Å². The summed E-state index contributed by atoms with van der Waals surface area (Å²) in [6.07, 6.45) is 7.39. The van der Waals surface area contributed by atoms with Gasteiger partial charge in [-0.3, -0.25) is 15.0 Å². The fourth-order valence-corrected chi connectivity index (χ4v) is 2.67. The monoisotopic (exact) mass is 387 g/mol. The van der Waals surface area contributed by atoms with Crippen LogP contribution in [0.3, 0.4) is 0 Å². The van der Waals surface area contributed by atoms with Crippen LogP contribution >= 0.6 is 0 Å². The summed E-state index contributed by atoms with van der Waals surface area (Å²) >= 11 is 0. The number of pyridine rings is 1. The van der Waals surface area contributed by atoms with Gasteiger partial charge in [0, 0.05) is 24.8 Å². The molecule has 0 aliphatic rings. The number of aromatic nitrogens is 3. The van der Waals surface area contributed by atoms with Crippen molar-refractivity contribution in [2.75, 3.05) is 0 Å². The van der Waals surface area contributed by atoms with E-state index in [-0.39, 0.29) is 0 Å². The zero-order chi connectivity index (χ0) is 22.3. The van der Waals surface area contributed by atoms with E-state index in [1.54, 1.807) is 12.4 Å². The molecule has 0 atom stereocenters. The SMILES string of the molecule is CC.CC.CC(C)c1ccncc1C(C)C.CC(C)c1nccnc1C(C)C. The Morgan fingerprint density at radius 3 is 1.21 bits per heavy atom. The number of hydrogen-bond acceptors (Lipinski definition) is 3. The summed E-state index contributed by atoms with van der Waals surface area (Å²) in [5.41, 5.74) is 5.08. The molecule has 0 aromatic carbocycles. The maximum absolute atomic E-state index is 4.34. The van der Waals surface area contributed by atoms with Crippen molar-refractivity contribution in [3.05, 3.63) is 53.4 Å².